The molecule has 0 heterocycles. The maximum Gasteiger partial charge on any atom is 0.0968 e. The minimum atomic E-state index is 0.658. The number of amidine groups is 1. The minimum absolute atomic E-state index is 0.658. The lowest BCUT2D eigenvalue weighted by Crippen LogP contribution is -2.14. The number of hydrogen-bond donors (Lipinski definition) is 1. The molecule has 0 saturated heterocycles. The van der Waals surface area contributed by atoms with Crippen LogP contribution in [0.4, 0.5) is 0 Å². The Balaban J connectivity index is 1.56. The predicted molar refractivity (Wildman–Crippen MR) is 51.2 cm³/mol. The van der Waals surface area contributed by atoms with Crippen molar-refractivity contribution in [2.45, 2.75) is 38.5 Å². The molecular formula is C10H18N2. The fraction of sp³-hybridized carbons (Fsp3) is 0.900. The summed E-state index contributed by atoms with van der Waals surface area (Å²) in [5.74, 6) is 2.62. The van der Waals surface area contributed by atoms with Crippen LogP contribution >= 0.6 is 0 Å². The van der Waals surface area contributed by atoms with Crippen LogP contribution in [0.25, 0.3) is 0 Å². The summed E-state index contributed by atoms with van der Waals surface area (Å²) in [6.45, 7) is 0.971. The molecule has 0 radical (unpaired) electrons. The van der Waals surface area contributed by atoms with Crippen LogP contribution < -0.4 is 5.73 Å². The lowest BCUT2D eigenvalue weighted by atomic mass is 10.2. The van der Waals surface area contributed by atoms with Gasteiger partial charge in [-0.2, -0.15) is 0 Å². The molecule has 0 bridgehead atoms. The van der Waals surface area contributed by atoms with Crippen LogP contribution in [0.5, 0.6) is 0 Å². The highest BCUT2D eigenvalue weighted by molar-refractivity contribution is 5.84. The van der Waals surface area contributed by atoms with E-state index in [1.54, 1.807) is 0 Å². The summed E-state index contributed by atoms with van der Waals surface area (Å²) in [5, 5.41) is 0. The Bertz CT molecular complexity index is 178. The highest BCUT2D eigenvalue weighted by atomic mass is 14.9. The molecule has 0 aromatic heterocycles. The molecule has 0 aromatic rings. The standard InChI is InChI=1S/C10H18N2/c11-10(9-5-6-9)12-7-1-2-8-3-4-8/h8-9H,1-7H2,(H2,11,12). The van der Waals surface area contributed by atoms with Gasteiger partial charge in [-0.15, -0.1) is 0 Å². The average Bonchev–Trinajstić information content (AvgIpc) is 2.85. The molecule has 2 fully saturated rings. The van der Waals surface area contributed by atoms with Gasteiger partial charge in [0.2, 0.25) is 0 Å². The van der Waals surface area contributed by atoms with Crippen molar-refractivity contribution >= 4 is 5.84 Å². The summed E-state index contributed by atoms with van der Waals surface area (Å²) < 4.78 is 0. The number of nitrogens with two attached hydrogens (primary N) is 1. The van der Waals surface area contributed by atoms with Gasteiger partial charge in [-0.1, -0.05) is 12.8 Å². The van der Waals surface area contributed by atoms with Gasteiger partial charge in [0.15, 0.2) is 0 Å². The van der Waals surface area contributed by atoms with Gasteiger partial charge in [0.25, 0.3) is 0 Å². The van der Waals surface area contributed by atoms with E-state index in [0.717, 1.165) is 18.3 Å². The summed E-state index contributed by atoms with van der Waals surface area (Å²) in [5.41, 5.74) is 5.76. The topological polar surface area (TPSA) is 38.4 Å². The summed E-state index contributed by atoms with van der Waals surface area (Å²) >= 11 is 0. The predicted octanol–water partition coefficient (Wildman–Crippen LogP) is 1.94. The van der Waals surface area contributed by atoms with Crippen LogP contribution in [0.15, 0.2) is 4.99 Å². The van der Waals surface area contributed by atoms with Gasteiger partial charge in [0.05, 0.1) is 5.84 Å². The van der Waals surface area contributed by atoms with Crippen molar-refractivity contribution in [3.8, 4) is 0 Å². The van der Waals surface area contributed by atoms with Gasteiger partial charge in [0, 0.05) is 12.5 Å². The van der Waals surface area contributed by atoms with E-state index < -0.39 is 0 Å². The molecule has 0 aliphatic heterocycles. The molecule has 2 saturated carbocycles. The molecule has 0 unspecified atom stereocenters. The molecule has 0 amide bonds. The first kappa shape index (κ1) is 8.09. The van der Waals surface area contributed by atoms with E-state index in [4.69, 9.17) is 5.73 Å². The molecule has 12 heavy (non-hydrogen) atoms. The van der Waals surface area contributed by atoms with E-state index in [0.29, 0.717) is 5.92 Å². The summed E-state index contributed by atoms with van der Waals surface area (Å²) in [4.78, 5) is 4.38. The van der Waals surface area contributed by atoms with Crippen LogP contribution in [0.1, 0.15) is 38.5 Å². The molecule has 0 atom stereocenters. The van der Waals surface area contributed by atoms with Crippen molar-refractivity contribution in [1.29, 1.82) is 0 Å². The molecule has 0 aromatic carbocycles. The Morgan fingerprint density at radius 3 is 2.58 bits per heavy atom. The summed E-state index contributed by atoms with van der Waals surface area (Å²) in [6.07, 6.45) is 8.10. The SMILES string of the molecule is NC(=NCCCC1CC1)C1CC1. The second kappa shape index (κ2) is 3.46. The zero-order valence-corrected chi connectivity index (χ0v) is 7.63. The lowest BCUT2D eigenvalue weighted by Gasteiger charge is -1.97. The van der Waals surface area contributed by atoms with Crippen LogP contribution in [0, 0.1) is 11.8 Å². The van der Waals surface area contributed by atoms with Crippen molar-refractivity contribution in [3.05, 3.63) is 0 Å². The number of rotatable bonds is 5. The van der Waals surface area contributed by atoms with E-state index in [1.807, 2.05) is 0 Å². The fourth-order valence-corrected chi connectivity index (χ4v) is 1.50. The first-order chi connectivity index (χ1) is 5.86. The molecule has 2 nitrogen and oxygen atoms in total. The molecule has 2 rings (SSSR count). The van der Waals surface area contributed by atoms with Crippen molar-refractivity contribution in [1.82, 2.24) is 0 Å². The average molecular weight is 166 g/mol. The van der Waals surface area contributed by atoms with Crippen LogP contribution in [0.2, 0.25) is 0 Å². The molecule has 0 spiro atoms. The van der Waals surface area contributed by atoms with Gasteiger partial charge < -0.3 is 5.73 Å². The smallest absolute Gasteiger partial charge is 0.0968 e. The minimum Gasteiger partial charge on any atom is -0.387 e. The van der Waals surface area contributed by atoms with Gasteiger partial charge >= 0.3 is 0 Å². The van der Waals surface area contributed by atoms with E-state index in [-0.39, 0.29) is 0 Å². The van der Waals surface area contributed by atoms with Crippen molar-refractivity contribution in [2.75, 3.05) is 6.54 Å². The maximum absolute atomic E-state index is 5.76. The summed E-state index contributed by atoms with van der Waals surface area (Å²) in [6, 6.07) is 0. The molecule has 2 heteroatoms. The Morgan fingerprint density at radius 2 is 2.00 bits per heavy atom. The third-order valence-electron chi connectivity index (χ3n) is 2.76. The number of nitrogens with zero attached hydrogens (tertiary/aromatic N) is 1. The third-order valence-corrected chi connectivity index (χ3v) is 2.76. The largest absolute Gasteiger partial charge is 0.387 e. The van der Waals surface area contributed by atoms with Gasteiger partial charge in [-0.3, -0.25) is 4.99 Å². The van der Waals surface area contributed by atoms with Gasteiger partial charge in [-0.25, -0.2) is 0 Å². The third kappa shape index (κ3) is 2.50. The first-order valence-corrected chi connectivity index (χ1v) is 5.16. The molecule has 2 aliphatic carbocycles. The second-order valence-electron chi connectivity index (χ2n) is 4.17. The van der Waals surface area contributed by atoms with E-state index in [1.165, 1.54) is 38.5 Å². The summed E-state index contributed by atoms with van der Waals surface area (Å²) in [7, 11) is 0. The fourth-order valence-electron chi connectivity index (χ4n) is 1.50. The quantitative estimate of drug-likeness (QED) is 0.378. The molecule has 68 valence electrons. The monoisotopic (exact) mass is 166 g/mol. The maximum atomic E-state index is 5.76. The van der Waals surface area contributed by atoms with Gasteiger partial charge in [-0.05, 0) is 31.6 Å². The number of hydrogen-bond acceptors (Lipinski definition) is 1. The van der Waals surface area contributed by atoms with E-state index >= 15 is 0 Å². The highest BCUT2D eigenvalue weighted by Gasteiger charge is 2.25. The normalized spacial score (nSPS) is 24.5. The molecular weight excluding hydrogens is 148 g/mol. The Labute approximate surface area is 74.2 Å². The van der Waals surface area contributed by atoms with Crippen LogP contribution in [-0.2, 0) is 0 Å². The zero-order chi connectivity index (χ0) is 8.39. The van der Waals surface area contributed by atoms with Crippen molar-refractivity contribution in [3.63, 3.8) is 0 Å². The Hall–Kier alpha value is -0.530. The van der Waals surface area contributed by atoms with Crippen LogP contribution in [0.3, 0.4) is 0 Å². The van der Waals surface area contributed by atoms with Crippen molar-refractivity contribution in [2.24, 2.45) is 22.6 Å². The zero-order valence-electron chi connectivity index (χ0n) is 7.63. The lowest BCUT2D eigenvalue weighted by molar-refractivity contribution is 0.674. The Morgan fingerprint density at radius 1 is 1.25 bits per heavy atom. The van der Waals surface area contributed by atoms with Crippen molar-refractivity contribution < 1.29 is 0 Å². The molecule has 2 N–H and O–H groups in total. The first-order valence-electron chi connectivity index (χ1n) is 5.16. The Kier molecular flexibility index (Phi) is 2.33. The van der Waals surface area contributed by atoms with Gasteiger partial charge in [0.1, 0.15) is 0 Å². The highest BCUT2D eigenvalue weighted by Crippen LogP contribution is 2.33. The second-order valence-corrected chi connectivity index (χ2v) is 4.17. The number of aliphatic imine (C=N–C) groups is 1. The van der Waals surface area contributed by atoms with E-state index in [2.05, 4.69) is 4.99 Å². The molecule has 2 aliphatic rings. The van der Waals surface area contributed by atoms with E-state index in [9.17, 15) is 0 Å². The van der Waals surface area contributed by atoms with Crippen LogP contribution in [-0.4, -0.2) is 12.4 Å².